The van der Waals surface area contributed by atoms with E-state index in [0.29, 0.717) is 39.3 Å². The lowest BCUT2D eigenvalue weighted by atomic mass is 10.0. The highest BCUT2D eigenvalue weighted by atomic mass is 35.5. The molecule has 0 heterocycles. The van der Waals surface area contributed by atoms with Crippen molar-refractivity contribution in [2.45, 2.75) is 45.3 Å². The van der Waals surface area contributed by atoms with Gasteiger partial charge in [-0.15, -0.1) is 0 Å². The van der Waals surface area contributed by atoms with Crippen LogP contribution >= 0.6 is 23.2 Å². The predicted molar refractivity (Wildman–Crippen MR) is 154 cm³/mol. The Labute approximate surface area is 240 Å². The van der Waals surface area contributed by atoms with Crippen LogP contribution in [0, 0.1) is 0 Å². The van der Waals surface area contributed by atoms with Crippen LogP contribution in [0.15, 0.2) is 66.7 Å². The topological polar surface area (TPSA) is 77.1 Å². The molecule has 9 heteroatoms. The fourth-order valence-electron chi connectivity index (χ4n) is 3.92. The van der Waals surface area contributed by atoms with Crippen molar-refractivity contribution in [3.05, 3.63) is 87.9 Å². The molecule has 0 aromatic heterocycles. The van der Waals surface area contributed by atoms with Gasteiger partial charge in [-0.25, -0.2) is 0 Å². The first-order chi connectivity index (χ1) is 18.7. The highest BCUT2D eigenvalue weighted by Crippen LogP contribution is 2.28. The molecule has 7 nitrogen and oxygen atoms in total. The van der Waals surface area contributed by atoms with Crippen molar-refractivity contribution in [2.75, 3.05) is 20.8 Å². The van der Waals surface area contributed by atoms with E-state index in [2.05, 4.69) is 5.32 Å². The van der Waals surface area contributed by atoms with Crippen LogP contribution in [0.4, 0.5) is 0 Å². The molecule has 0 spiro atoms. The van der Waals surface area contributed by atoms with Gasteiger partial charge in [0.15, 0.2) is 6.61 Å². The summed E-state index contributed by atoms with van der Waals surface area (Å²) in [7, 11) is 3.07. The lowest BCUT2D eigenvalue weighted by molar-refractivity contribution is -0.143. The van der Waals surface area contributed by atoms with E-state index in [1.165, 1.54) is 19.1 Å². The third-order valence-corrected chi connectivity index (χ3v) is 6.90. The number of nitrogens with one attached hydrogen (secondary N) is 1. The van der Waals surface area contributed by atoms with E-state index in [-0.39, 0.29) is 31.0 Å². The molecule has 3 aromatic carbocycles. The molecular formula is C30H34Cl2N2O5. The van der Waals surface area contributed by atoms with Gasteiger partial charge in [0.25, 0.3) is 5.91 Å². The van der Waals surface area contributed by atoms with Gasteiger partial charge in [-0.3, -0.25) is 9.59 Å². The summed E-state index contributed by atoms with van der Waals surface area (Å²) in [5.41, 5.74) is 1.58. The second kappa shape index (κ2) is 14.7. The highest BCUT2D eigenvalue weighted by Gasteiger charge is 2.31. The molecule has 0 saturated heterocycles. The standard InChI is InChI=1S/C30H34Cl2N2O5/c1-5-20(2)33-30(36)28(13-21-9-7-6-8-10-21)34(18-22-11-12-23(31)14-27(22)32)29(35)19-39-26-16-24(37-3)15-25(17-26)38-4/h6-12,14-17,20,28H,5,13,18-19H2,1-4H3,(H,33,36)/t20-,28+/m0/s1. The first-order valence-electron chi connectivity index (χ1n) is 12.7. The second-order valence-corrected chi connectivity index (χ2v) is 9.96. The van der Waals surface area contributed by atoms with Crippen LogP contribution in [-0.2, 0) is 22.6 Å². The summed E-state index contributed by atoms with van der Waals surface area (Å²) in [5.74, 6) is 0.804. The number of carbonyl (C=O) groups is 2. The van der Waals surface area contributed by atoms with Crippen LogP contribution < -0.4 is 19.5 Å². The number of halogens is 2. The third kappa shape index (κ3) is 8.80. The maximum Gasteiger partial charge on any atom is 0.261 e. The fourth-order valence-corrected chi connectivity index (χ4v) is 4.39. The van der Waals surface area contributed by atoms with E-state index in [0.717, 1.165) is 12.0 Å². The first-order valence-corrected chi connectivity index (χ1v) is 13.4. The summed E-state index contributed by atoms with van der Waals surface area (Å²) in [5, 5.41) is 3.92. The molecular weight excluding hydrogens is 539 g/mol. The molecule has 3 aromatic rings. The molecule has 2 amide bonds. The minimum absolute atomic E-state index is 0.0626. The van der Waals surface area contributed by atoms with Crippen molar-refractivity contribution in [3.8, 4) is 17.2 Å². The van der Waals surface area contributed by atoms with Gasteiger partial charge in [-0.05, 0) is 36.6 Å². The fraction of sp³-hybridized carbons (Fsp3) is 0.333. The monoisotopic (exact) mass is 572 g/mol. The number of carbonyl (C=O) groups excluding carboxylic acids is 2. The van der Waals surface area contributed by atoms with Gasteiger partial charge in [0.05, 0.1) is 14.2 Å². The van der Waals surface area contributed by atoms with Gasteiger partial charge < -0.3 is 24.4 Å². The Morgan fingerprint density at radius 1 is 0.923 bits per heavy atom. The molecule has 0 saturated carbocycles. The third-order valence-electron chi connectivity index (χ3n) is 6.32. The van der Waals surface area contributed by atoms with Gasteiger partial charge in [0, 0.05) is 47.3 Å². The van der Waals surface area contributed by atoms with E-state index in [1.54, 1.807) is 36.4 Å². The number of amides is 2. The zero-order valence-electron chi connectivity index (χ0n) is 22.6. The van der Waals surface area contributed by atoms with Crippen LogP contribution in [0.3, 0.4) is 0 Å². The summed E-state index contributed by atoms with van der Waals surface area (Å²) in [6, 6.07) is 18.8. The lowest BCUT2D eigenvalue weighted by Crippen LogP contribution is -2.53. The number of nitrogens with zero attached hydrogens (tertiary/aromatic N) is 1. The minimum Gasteiger partial charge on any atom is -0.496 e. The second-order valence-electron chi connectivity index (χ2n) is 9.12. The van der Waals surface area contributed by atoms with Crippen molar-refractivity contribution < 1.29 is 23.8 Å². The maximum absolute atomic E-state index is 13.8. The molecule has 0 unspecified atom stereocenters. The summed E-state index contributed by atoms with van der Waals surface area (Å²) in [6.07, 6.45) is 1.06. The molecule has 3 rings (SSSR count). The SMILES string of the molecule is CC[C@H](C)NC(=O)[C@@H](Cc1ccccc1)N(Cc1ccc(Cl)cc1Cl)C(=O)COc1cc(OC)cc(OC)c1. The van der Waals surface area contributed by atoms with Crippen LogP contribution in [0.1, 0.15) is 31.4 Å². The normalized spacial score (nSPS) is 12.3. The quantitative estimate of drug-likeness (QED) is 0.274. The van der Waals surface area contributed by atoms with Crippen molar-refractivity contribution in [1.29, 1.82) is 0 Å². The molecule has 0 bridgehead atoms. The smallest absolute Gasteiger partial charge is 0.261 e. The van der Waals surface area contributed by atoms with E-state index in [1.807, 2.05) is 44.2 Å². The molecule has 2 atom stereocenters. The van der Waals surface area contributed by atoms with Gasteiger partial charge >= 0.3 is 0 Å². The zero-order valence-corrected chi connectivity index (χ0v) is 24.1. The largest absolute Gasteiger partial charge is 0.496 e. The number of hydrogen-bond acceptors (Lipinski definition) is 5. The van der Waals surface area contributed by atoms with E-state index < -0.39 is 6.04 Å². The average Bonchev–Trinajstić information content (AvgIpc) is 2.94. The molecule has 0 fully saturated rings. The Morgan fingerprint density at radius 2 is 1.56 bits per heavy atom. The molecule has 0 radical (unpaired) electrons. The Bertz CT molecular complexity index is 1230. The Morgan fingerprint density at radius 3 is 2.15 bits per heavy atom. The molecule has 39 heavy (non-hydrogen) atoms. The summed E-state index contributed by atoms with van der Waals surface area (Å²) >= 11 is 12.6. The molecule has 0 aliphatic carbocycles. The lowest BCUT2D eigenvalue weighted by Gasteiger charge is -2.32. The highest BCUT2D eigenvalue weighted by molar-refractivity contribution is 6.35. The van der Waals surface area contributed by atoms with E-state index in [4.69, 9.17) is 37.4 Å². The number of benzene rings is 3. The van der Waals surface area contributed by atoms with Gasteiger partial charge in [-0.2, -0.15) is 0 Å². The van der Waals surface area contributed by atoms with Crippen molar-refractivity contribution in [1.82, 2.24) is 10.2 Å². The van der Waals surface area contributed by atoms with Crippen molar-refractivity contribution in [2.24, 2.45) is 0 Å². The summed E-state index contributed by atoms with van der Waals surface area (Å²) in [4.78, 5) is 28.9. The van der Waals surface area contributed by atoms with Crippen molar-refractivity contribution >= 4 is 35.0 Å². The first kappa shape index (κ1) is 30.1. The number of rotatable bonds is 13. The Balaban J connectivity index is 1.96. The average molecular weight is 574 g/mol. The Kier molecular flexibility index (Phi) is 11.3. The molecule has 0 aliphatic heterocycles. The zero-order chi connectivity index (χ0) is 28.4. The van der Waals surface area contributed by atoms with Crippen LogP contribution in [0.25, 0.3) is 0 Å². The van der Waals surface area contributed by atoms with Gasteiger partial charge in [0.2, 0.25) is 5.91 Å². The number of hydrogen-bond donors (Lipinski definition) is 1. The van der Waals surface area contributed by atoms with Crippen LogP contribution in [0.2, 0.25) is 10.0 Å². The van der Waals surface area contributed by atoms with Crippen molar-refractivity contribution in [3.63, 3.8) is 0 Å². The summed E-state index contributed by atoms with van der Waals surface area (Å²) in [6.45, 7) is 3.69. The number of methoxy groups -OCH3 is 2. The van der Waals surface area contributed by atoms with Gasteiger partial charge in [0.1, 0.15) is 23.3 Å². The van der Waals surface area contributed by atoms with Crippen LogP contribution in [0.5, 0.6) is 17.2 Å². The summed E-state index contributed by atoms with van der Waals surface area (Å²) < 4.78 is 16.5. The molecule has 0 aliphatic rings. The van der Waals surface area contributed by atoms with E-state index >= 15 is 0 Å². The molecule has 1 N–H and O–H groups in total. The maximum atomic E-state index is 13.8. The van der Waals surface area contributed by atoms with Gasteiger partial charge in [-0.1, -0.05) is 66.5 Å². The minimum atomic E-state index is -0.816. The number of ether oxygens (including phenoxy) is 3. The van der Waals surface area contributed by atoms with E-state index in [9.17, 15) is 9.59 Å². The van der Waals surface area contributed by atoms with Crippen LogP contribution in [-0.4, -0.2) is 49.6 Å². The Hall–Kier alpha value is -3.42. The predicted octanol–water partition coefficient (Wildman–Crippen LogP) is 5.94. The molecule has 208 valence electrons.